The summed E-state index contributed by atoms with van der Waals surface area (Å²) in [7, 11) is 3.32. The molecule has 0 radical (unpaired) electrons. The number of hydrogen-bond acceptors (Lipinski definition) is 6. The lowest BCUT2D eigenvalue weighted by molar-refractivity contribution is 0.379. The Morgan fingerprint density at radius 2 is 2.00 bits per heavy atom. The molecular weight excluding hydrogens is 266 g/mol. The number of halogens is 1. The molecule has 0 bridgehead atoms. The van der Waals surface area contributed by atoms with Gasteiger partial charge >= 0.3 is 6.01 Å². The number of rotatable bonds is 4. The van der Waals surface area contributed by atoms with Crippen molar-refractivity contribution >= 4 is 23.5 Å². The molecule has 0 amide bonds. The molecule has 0 unspecified atom stereocenters. The molecule has 2 rings (SSSR count). The van der Waals surface area contributed by atoms with Crippen LogP contribution in [0, 0.1) is 0 Å². The predicted molar refractivity (Wildman–Crippen MR) is 74.4 cm³/mol. The van der Waals surface area contributed by atoms with Crippen LogP contribution in [0.3, 0.4) is 0 Å². The second-order valence-corrected chi connectivity index (χ2v) is 4.33. The van der Waals surface area contributed by atoms with E-state index in [0.717, 1.165) is 5.56 Å². The van der Waals surface area contributed by atoms with Crippen molar-refractivity contribution in [2.75, 3.05) is 24.8 Å². The first-order chi connectivity index (χ1) is 9.10. The van der Waals surface area contributed by atoms with Crippen molar-refractivity contribution in [3.8, 4) is 6.01 Å². The fourth-order valence-corrected chi connectivity index (χ4v) is 1.77. The minimum atomic E-state index is 0.118. The number of hydrogen-bond donors (Lipinski definition) is 1. The van der Waals surface area contributed by atoms with Gasteiger partial charge in [-0.25, -0.2) is 0 Å². The van der Waals surface area contributed by atoms with Gasteiger partial charge in [0.05, 0.1) is 7.11 Å². The quantitative estimate of drug-likeness (QED) is 0.919. The molecule has 0 fully saturated rings. The fraction of sp³-hybridized carbons (Fsp3) is 0.250. The van der Waals surface area contributed by atoms with Crippen molar-refractivity contribution in [1.82, 2.24) is 15.0 Å². The number of aromatic nitrogens is 3. The molecule has 6 nitrogen and oxygen atoms in total. The number of ether oxygens (including phenoxy) is 1. The van der Waals surface area contributed by atoms with Crippen molar-refractivity contribution in [1.29, 1.82) is 0 Å². The van der Waals surface area contributed by atoms with E-state index in [4.69, 9.17) is 22.1 Å². The van der Waals surface area contributed by atoms with Gasteiger partial charge in [-0.3, -0.25) is 0 Å². The lowest BCUT2D eigenvalue weighted by Gasteiger charge is -2.18. The van der Waals surface area contributed by atoms with Crippen LogP contribution in [0.4, 0.5) is 11.9 Å². The van der Waals surface area contributed by atoms with E-state index in [-0.39, 0.29) is 12.0 Å². The molecule has 19 heavy (non-hydrogen) atoms. The zero-order chi connectivity index (χ0) is 13.8. The Labute approximate surface area is 116 Å². The van der Waals surface area contributed by atoms with Gasteiger partial charge in [-0.05, 0) is 11.6 Å². The van der Waals surface area contributed by atoms with Crippen LogP contribution >= 0.6 is 11.6 Å². The summed E-state index contributed by atoms with van der Waals surface area (Å²) in [6, 6.07) is 7.79. The van der Waals surface area contributed by atoms with Crippen molar-refractivity contribution in [3.05, 3.63) is 34.9 Å². The van der Waals surface area contributed by atoms with E-state index in [0.29, 0.717) is 17.5 Å². The van der Waals surface area contributed by atoms with Gasteiger partial charge in [0.1, 0.15) is 0 Å². The number of methoxy groups -OCH3 is 1. The molecule has 1 aromatic carbocycles. The van der Waals surface area contributed by atoms with E-state index in [2.05, 4.69) is 15.0 Å². The second kappa shape index (κ2) is 5.71. The molecule has 7 heteroatoms. The lowest BCUT2D eigenvalue weighted by Crippen LogP contribution is -2.20. The molecule has 1 aromatic heterocycles. The molecular formula is C12H14ClN5O. The van der Waals surface area contributed by atoms with Crippen LogP contribution in [0.5, 0.6) is 6.01 Å². The zero-order valence-electron chi connectivity index (χ0n) is 10.7. The third-order valence-corrected chi connectivity index (χ3v) is 2.88. The van der Waals surface area contributed by atoms with Gasteiger partial charge in [0.25, 0.3) is 0 Å². The number of anilines is 2. The summed E-state index contributed by atoms with van der Waals surface area (Å²) in [5.74, 6) is 0.553. The van der Waals surface area contributed by atoms with E-state index in [1.807, 2.05) is 36.2 Å². The highest BCUT2D eigenvalue weighted by molar-refractivity contribution is 6.31. The summed E-state index contributed by atoms with van der Waals surface area (Å²) >= 11 is 6.12. The summed E-state index contributed by atoms with van der Waals surface area (Å²) < 4.78 is 4.96. The molecule has 100 valence electrons. The van der Waals surface area contributed by atoms with Crippen LogP contribution in [-0.2, 0) is 6.54 Å². The first-order valence-electron chi connectivity index (χ1n) is 5.60. The first-order valence-corrected chi connectivity index (χ1v) is 5.98. The Kier molecular flexibility index (Phi) is 4.01. The summed E-state index contributed by atoms with van der Waals surface area (Å²) in [4.78, 5) is 13.9. The number of nitrogen functional groups attached to an aromatic ring is 1. The molecule has 2 N–H and O–H groups in total. The van der Waals surface area contributed by atoms with Crippen LogP contribution in [-0.4, -0.2) is 29.1 Å². The highest BCUT2D eigenvalue weighted by Crippen LogP contribution is 2.19. The molecule has 0 saturated carbocycles. The molecule has 2 aromatic rings. The standard InChI is InChI=1S/C12H14ClN5O/c1-18(7-8-5-3-4-6-9(8)13)11-15-10(14)16-12(17-11)19-2/h3-6H,7H2,1-2H3,(H2,14,15,16,17). The Morgan fingerprint density at radius 3 is 2.68 bits per heavy atom. The van der Waals surface area contributed by atoms with Gasteiger partial charge in [-0.1, -0.05) is 29.8 Å². The Morgan fingerprint density at radius 1 is 1.26 bits per heavy atom. The van der Waals surface area contributed by atoms with E-state index in [1.165, 1.54) is 7.11 Å². The normalized spacial score (nSPS) is 10.3. The van der Waals surface area contributed by atoms with Crippen LogP contribution in [0.25, 0.3) is 0 Å². The number of nitrogens with zero attached hydrogens (tertiary/aromatic N) is 4. The highest BCUT2D eigenvalue weighted by atomic mass is 35.5. The van der Waals surface area contributed by atoms with Crippen LogP contribution in [0.15, 0.2) is 24.3 Å². The summed E-state index contributed by atoms with van der Waals surface area (Å²) in [6.07, 6.45) is 0. The van der Waals surface area contributed by atoms with E-state index in [1.54, 1.807) is 0 Å². The second-order valence-electron chi connectivity index (χ2n) is 3.93. The van der Waals surface area contributed by atoms with Crippen molar-refractivity contribution in [2.24, 2.45) is 0 Å². The summed E-state index contributed by atoms with van der Waals surface area (Å²) in [5.41, 5.74) is 6.58. The van der Waals surface area contributed by atoms with Gasteiger partial charge in [-0.2, -0.15) is 15.0 Å². The number of nitrogens with two attached hydrogens (primary N) is 1. The van der Waals surface area contributed by atoms with Crippen LogP contribution < -0.4 is 15.4 Å². The lowest BCUT2D eigenvalue weighted by atomic mass is 10.2. The minimum Gasteiger partial charge on any atom is -0.467 e. The average Bonchev–Trinajstić information content (AvgIpc) is 2.40. The van der Waals surface area contributed by atoms with E-state index >= 15 is 0 Å². The SMILES string of the molecule is COc1nc(N)nc(N(C)Cc2ccccc2Cl)n1. The Balaban J connectivity index is 2.22. The molecule has 0 aliphatic rings. The average molecular weight is 280 g/mol. The fourth-order valence-electron chi connectivity index (χ4n) is 1.58. The molecule has 0 aliphatic heterocycles. The molecule has 0 aliphatic carbocycles. The third-order valence-electron chi connectivity index (χ3n) is 2.51. The van der Waals surface area contributed by atoms with Crippen molar-refractivity contribution < 1.29 is 4.74 Å². The third kappa shape index (κ3) is 3.23. The maximum absolute atomic E-state index is 6.12. The predicted octanol–water partition coefficient (Wildman–Crippen LogP) is 1.75. The maximum Gasteiger partial charge on any atom is 0.322 e. The minimum absolute atomic E-state index is 0.118. The maximum atomic E-state index is 6.12. The van der Waals surface area contributed by atoms with Gasteiger partial charge in [0.2, 0.25) is 11.9 Å². The van der Waals surface area contributed by atoms with Gasteiger partial charge in [0.15, 0.2) is 0 Å². The van der Waals surface area contributed by atoms with Gasteiger partial charge < -0.3 is 15.4 Å². The van der Waals surface area contributed by atoms with Crippen LogP contribution in [0.2, 0.25) is 5.02 Å². The van der Waals surface area contributed by atoms with Gasteiger partial charge in [0, 0.05) is 18.6 Å². The van der Waals surface area contributed by atoms with E-state index in [9.17, 15) is 0 Å². The molecule has 0 atom stereocenters. The van der Waals surface area contributed by atoms with Crippen molar-refractivity contribution in [2.45, 2.75) is 6.54 Å². The molecule has 0 spiro atoms. The van der Waals surface area contributed by atoms with E-state index < -0.39 is 0 Å². The smallest absolute Gasteiger partial charge is 0.322 e. The van der Waals surface area contributed by atoms with Crippen molar-refractivity contribution in [3.63, 3.8) is 0 Å². The number of benzene rings is 1. The first kappa shape index (κ1) is 13.4. The Hall–Kier alpha value is -2.08. The highest BCUT2D eigenvalue weighted by Gasteiger charge is 2.11. The Bertz CT molecular complexity index is 578. The largest absolute Gasteiger partial charge is 0.467 e. The summed E-state index contributed by atoms with van der Waals surface area (Å²) in [6.45, 7) is 0.562. The molecule has 1 heterocycles. The monoisotopic (exact) mass is 279 g/mol. The zero-order valence-corrected chi connectivity index (χ0v) is 11.4. The summed E-state index contributed by atoms with van der Waals surface area (Å²) in [5, 5.41) is 0.698. The molecule has 0 saturated heterocycles. The topological polar surface area (TPSA) is 77.2 Å². The van der Waals surface area contributed by atoms with Crippen LogP contribution in [0.1, 0.15) is 5.56 Å². The van der Waals surface area contributed by atoms with Gasteiger partial charge in [-0.15, -0.1) is 0 Å².